The van der Waals surface area contributed by atoms with Gasteiger partial charge in [-0.2, -0.15) is 0 Å². The molecule has 434 valence electrons. The van der Waals surface area contributed by atoms with Crippen LogP contribution in [0.1, 0.15) is 329 Å². The van der Waals surface area contributed by atoms with Crippen molar-refractivity contribution in [2.24, 2.45) is 0 Å². The highest BCUT2D eigenvalue weighted by molar-refractivity contribution is 5.71. The smallest absolute Gasteiger partial charge is 0.306 e. The van der Waals surface area contributed by atoms with E-state index in [4.69, 9.17) is 14.2 Å². The van der Waals surface area contributed by atoms with Crippen LogP contribution >= 0.6 is 0 Å². The maximum atomic E-state index is 12.9. The molecule has 0 unspecified atom stereocenters. The van der Waals surface area contributed by atoms with Crippen molar-refractivity contribution in [2.75, 3.05) is 13.2 Å². The average Bonchev–Trinajstić information content (AvgIpc) is 3.41. The number of esters is 3. The lowest BCUT2D eigenvalue weighted by atomic mass is 10.0. The van der Waals surface area contributed by atoms with Crippen molar-refractivity contribution in [2.45, 2.75) is 335 Å². The van der Waals surface area contributed by atoms with Crippen LogP contribution in [-0.2, 0) is 28.6 Å². The molecule has 0 fully saturated rings. The van der Waals surface area contributed by atoms with E-state index in [1.54, 1.807) is 0 Å². The van der Waals surface area contributed by atoms with Gasteiger partial charge in [0.05, 0.1) is 0 Å². The Morgan fingerprint density at radius 2 is 0.493 bits per heavy atom. The summed E-state index contributed by atoms with van der Waals surface area (Å²) in [6.07, 6.45) is 82.0. The van der Waals surface area contributed by atoms with E-state index in [1.807, 2.05) is 0 Å². The molecule has 0 heterocycles. The molecule has 0 aliphatic rings. The second-order valence-electron chi connectivity index (χ2n) is 21.7. The molecule has 0 bridgehead atoms. The molecule has 0 amide bonds. The third-order valence-electron chi connectivity index (χ3n) is 14.2. The normalized spacial score (nSPS) is 12.5. The van der Waals surface area contributed by atoms with Crippen molar-refractivity contribution >= 4 is 17.9 Å². The topological polar surface area (TPSA) is 78.9 Å². The predicted octanol–water partition coefficient (Wildman–Crippen LogP) is 22.1. The van der Waals surface area contributed by atoms with E-state index in [2.05, 4.69) is 93.7 Å². The second-order valence-corrected chi connectivity index (χ2v) is 21.7. The van der Waals surface area contributed by atoms with Crippen LogP contribution in [0.2, 0.25) is 0 Å². The van der Waals surface area contributed by atoms with Crippen molar-refractivity contribution in [1.82, 2.24) is 0 Å². The molecule has 6 nitrogen and oxygen atoms in total. The van der Waals surface area contributed by atoms with Crippen molar-refractivity contribution in [3.63, 3.8) is 0 Å². The summed E-state index contributed by atoms with van der Waals surface area (Å²) in [6.45, 7) is 6.58. The standard InChI is InChI=1S/C69H122O6/c1-4-7-10-13-16-19-22-25-28-31-33-34-36-39-42-45-48-51-54-57-60-63-69(72)75-66(64-73-67(70)61-58-55-52-49-46-43-40-37-30-27-24-21-18-15-12-9-6-3)65-74-68(71)62-59-56-53-50-47-44-41-38-35-32-29-26-23-20-17-14-11-8-5-2/h17-18,20-21,26-27,29-30,40,43,49,52,66H,4-16,19,22-25,28,31-39,41-42,44-48,50-51,53-65H2,1-3H3/b20-17-,21-18-,29-26-,30-27-,43-40-,52-49-/t66-/m0/s1. The first kappa shape index (κ1) is 71.8. The number of unbranched alkanes of at least 4 members (excludes halogenated alkanes) is 36. The van der Waals surface area contributed by atoms with Crippen LogP contribution in [-0.4, -0.2) is 37.2 Å². The van der Waals surface area contributed by atoms with Gasteiger partial charge < -0.3 is 14.2 Å². The third kappa shape index (κ3) is 61.6. The fourth-order valence-electron chi connectivity index (χ4n) is 9.29. The molecule has 0 aromatic heterocycles. The van der Waals surface area contributed by atoms with E-state index in [-0.39, 0.29) is 37.5 Å². The van der Waals surface area contributed by atoms with E-state index in [0.717, 1.165) is 70.6 Å². The lowest BCUT2D eigenvalue weighted by Gasteiger charge is -2.18. The second kappa shape index (κ2) is 63.4. The van der Waals surface area contributed by atoms with Crippen molar-refractivity contribution in [1.29, 1.82) is 0 Å². The number of carbonyl (C=O) groups excluding carboxylic acids is 3. The molecule has 0 aromatic rings. The summed E-state index contributed by atoms with van der Waals surface area (Å²) >= 11 is 0. The maximum Gasteiger partial charge on any atom is 0.306 e. The van der Waals surface area contributed by atoms with E-state index in [0.29, 0.717) is 19.3 Å². The lowest BCUT2D eigenvalue weighted by molar-refractivity contribution is -0.167. The van der Waals surface area contributed by atoms with E-state index in [9.17, 15) is 14.4 Å². The van der Waals surface area contributed by atoms with Crippen molar-refractivity contribution in [3.05, 3.63) is 72.9 Å². The summed E-state index contributed by atoms with van der Waals surface area (Å²) in [5.74, 6) is -0.937. The number of ether oxygens (including phenoxy) is 3. The molecule has 0 aliphatic carbocycles. The predicted molar refractivity (Wildman–Crippen MR) is 325 cm³/mol. The monoisotopic (exact) mass is 1050 g/mol. The van der Waals surface area contributed by atoms with Crippen LogP contribution in [0.5, 0.6) is 0 Å². The molecule has 0 radical (unpaired) electrons. The van der Waals surface area contributed by atoms with Crippen LogP contribution in [0.4, 0.5) is 0 Å². The van der Waals surface area contributed by atoms with Gasteiger partial charge in [-0.3, -0.25) is 14.4 Å². The lowest BCUT2D eigenvalue weighted by Crippen LogP contribution is -2.30. The van der Waals surface area contributed by atoms with Crippen LogP contribution in [0.3, 0.4) is 0 Å². The van der Waals surface area contributed by atoms with Crippen LogP contribution in [0, 0.1) is 0 Å². The Labute approximate surface area is 465 Å². The highest BCUT2D eigenvalue weighted by atomic mass is 16.6. The molecule has 0 saturated heterocycles. The molecule has 75 heavy (non-hydrogen) atoms. The van der Waals surface area contributed by atoms with Gasteiger partial charge in [-0.25, -0.2) is 0 Å². The largest absolute Gasteiger partial charge is 0.462 e. The van der Waals surface area contributed by atoms with Gasteiger partial charge in [0.1, 0.15) is 13.2 Å². The summed E-state index contributed by atoms with van der Waals surface area (Å²) in [7, 11) is 0. The first-order chi connectivity index (χ1) is 37.0. The Kier molecular flexibility index (Phi) is 60.7. The fraction of sp³-hybridized carbons (Fsp3) is 0.783. The third-order valence-corrected chi connectivity index (χ3v) is 14.2. The van der Waals surface area contributed by atoms with Gasteiger partial charge in [0.2, 0.25) is 0 Å². The molecule has 0 saturated carbocycles. The molecule has 0 aromatic carbocycles. The van der Waals surface area contributed by atoms with E-state index < -0.39 is 6.10 Å². The van der Waals surface area contributed by atoms with Crippen LogP contribution in [0.25, 0.3) is 0 Å². The first-order valence-electron chi connectivity index (χ1n) is 32.4. The van der Waals surface area contributed by atoms with E-state index >= 15 is 0 Å². The van der Waals surface area contributed by atoms with Crippen molar-refractivity contribution < 1.29 is 28.6 Å². The quantitative estimate of drug-likeness (QED) is 0.0261. The molecular weight excluding hydrogens is 925 g/mol. The number of rotatable bonds is 59. The zero-order valence-electron chi connectivity index (χ0n) is 49.8. The molecule has 0 rings (SSSR count). The highest BCUT2D eigenvalue weighted by Gasteiger charge is 2.19. The van der Waals surface area contributed by atoms with Crippen LogP contribution in [0.15, 0.2) is 72.9 Å². The minimum Gasteiger partial charge on any atom is -0.462 e. The van der Waals surface area contributed by atoms with Gasteiger partial charge >= 0.3 is 17.9 Å². The first-order valence-corrected chi connectivity index (χ1v) is 32.4. The average molecular weight is 1050 g/mol. The summed E-state index contributed by atoms with van der Waals surface area (Å²) in [4.78, 5) is 38.3. The molecule has 1 atom stereocenters. The van der Waals surface area contributed by atoms with Gasteiger partial charge in [-0.1, -0.05) is 293 Å². The van der Waals surface area contributed by atoms with Gasteiger partial charge in [0, 0.05) is 19.3 Å². The maximum absolute atomic E-state index is 12.9. The zero-order valence-corrected chi connectivity index (χ0v) is 49.8. The SMILES string of the molecule is CCCCC/C=C\C/C=C\C/C=C\C/C=C\CCCC(=O)OC[C@@H](COC(=O)CCCCCCCCCCC/C=C\C/C=C\CCCCC)OC(=O)CCCCCCCCCCCCCCCCCCCCCCC. The van der Waals surface area contributed by atoms with Gasteiger partial charge in [0.15, 0.2) is 6.10 Å². The molecule has 6 heteroatoms. The number of allylic oxidation sites excluding steroid dienone is 12. The van der Waals surface area contributed by atoms with Gasteiger partial charge in [0.25, 0.3) is 0 Å². The van der Waals surface area contributed by atoms with Gasteiger partial charge in [-0.05, 0) is 89.9 Å². The summed E-state index contributed by atoms with van der Waals surface area (Å²) in [5.41, 5.74) is 0. The fourth-order valence-corrected chi connectivity index (χ4v) is 9.29. The Hall–Kier alpha value is -3.15. The van der Waals surface area contributed by atoms with Gasteiger partial charge in [-0.15, -0.1) is 0 Å². The Bertz CT molecular complexity index is 1390. The van der Waals surface area contributed by atoms with Crippen LogP contribution < -0.4 is 0 Å². The minimum absolute atomic E-state index is 0.0919. The highest BCUT2D eigenvalue weighted by Crippen LogP contribution is 2.17. The molecular formula is C69H122O6. The van der Waals surface area contributed by atoms with Crippen molar-refractivity contribution in [3.8, 4) is 0 Å². The number of hydrogen-bond acceptors (Lipinski definition) is 6. The molecule has 0 aliphatic heterocycles. The Morgan fingerprint density at radius 3 is 0.827 bits per heavy atom. The molecule has 0 spiro atoms. The minimum atomic E-state index is -0.799. The summed E-state index contributed by atoms with van der Waals surface area (Å²) in [6, 6.07) is 0. The number of carbonyl (C=O) groups is 3. The summed E-state index contributed by atoms with van der Waals surface area (Å²) in [5, 5.41) is 0. The van der Waals surface area contributed by atoms with E-state index in [1.165, 1.54) is 212 Å². The molecule has 0 N–H and O–H groups in total. The Balaban J connectivity index is 4.41. The Morgan fingerprint density at radius 1 is 0.267 bits per heavy atom. The number of hydrogen-bond donors (Lipinski definition) is 0. The zero-order chi connectivity index (χ0) is 54.3. The summed E-state index contributed by atoms with van der Waals surface area (Å²) < 4.78 is 16.9.